The number of rotatable bonds is 4. The Morgan fingerprint density at radius 1 is 1.14 bits per heavy atom. The molecule has 0 atom stereocenters. The molecule has 0 saturated carbocycles. The standard InChI is InChI=1S/C16H15N3OS/c1-20-13-6-4-11(5-7-13)16-15(19-14(9-17)21-16)12-3-2-8-18-10-12/h2-8,10H,9,17H2,1H3. The SMILES string of the molecule is COc1ccc(-c2sc(CN)nc2-c2cccnc2)cc1. The van der Waals surface area contributed by atoms with Gasteiger partial charge in [-0.2, -0.15) is 0 Å². The highest BCUT2D eigenvalue weighted by molar-refractivity contribution is 7.15. The van der Waals surface area contributed by atoms with Gasteiger partial charge in [0.05, 0.1) is 17.7 Å². The highest BCUT2D eigenvalue weighted by Crippen LogP contribution is 2.37. The van der Waals surface area contributed by atoms with Gasteiger partial charge in [-0.3, -0.25) is 4.98 Å². The summed E-state index contributed by atoms with van der Waals surface area (Å²) in [5.74, 6) is 0.838. The Hall–Kier alpha value is -2.24. The van der Waals surface area contributed by atoms with E-state index >= 15 is 0 Å². The van der Waals surface area contributed by atoms with Crippen molar-refractivity contribution in [2.45, 2.75) is 6.54 Å². The smallest absolute Gasteiger partial charge is 0.118 e. The summed E-state index contributed by atoms with van der Waals surface area (Å²) in [5, 5.41) is 0.916. The molecule has 4 nitrogen and oxygen atoms in total. The molecule has 1 aromatic carbocycles. The zero-order valence-corrected chi connectivity index (χ0v) is 12.4. The molecule has 0 aliphatic rings. The predicted octanol–water partition coefficient (Wildman–Crippen LogP) is 3.34. The van der Waals surface area contributed by atoms with Gasteiger partial charge in [0.1, 0.15) is 10.8 Å². The molecular formula is C16H15N3OS. The fourth-order valence-electron chi connectivity index (χ4n) is 2.09. The average molecular weight is 297 g/mol. The number of thiazole rings is 1. The Balaban J connectivity index is 2.10. The van der Waals surface area contributed by atoms with Crippen LogP contribution in [0, 0.1) is 0 Å². The Kier molecular flexibility index (Phi) is 3.94. The molecule has 0 spiro atoms. The molecular weight excluding hydrogens is 282 g/mol. The number of ether oxygens (including phenoxy) is 1. The lowest BCUT2D eigenvalue weighted by Crippen LogP contribution is -1.94. The van der Waals surface area contributed by atoms with Gasteiger partial charge in [0.15, 0.2) is 0 Å². The van der Waals surface area contributed by atoms with E-state index in [-0.39, 0.29) is 0 Å². The normalized spacial score (nSPS) is 10.6. The summed E-state index contributed by atoms with van der Waals surface area (Å²) in [6, 6.07) is 11.9. The second-order valence-electron chi connectivity index (χ2n) is 4.46. The Morgan fingerprint density at radius 2 is 1.95 bits per heavy atom. The van der Waals surface area contributed by atoms with Gasteiger partial charge in [-0.05, 0) is 42.0 Å². The zero-order chi connectivity index (χ0) is 14.7. The summed E-state index contributed by atoms with van der Waals surface area (Å²) in [7, 11) is 1.66. The third kappa shape index (κ3) is 2.79. The van der Waals surface area contributed by atoms with Crippen molar-refractivity contribution in [1.29, 1.82) is 0 Å². The van der Waals surface area contributed by atoms with E-state index in [0.717, 1.165) is 32.5 Å². The summed E-state index contributed by atoms with van der Waals surface area (Å²) < 4.78 is 5.20. The van der Waals surface area contributed by atoms with E-state index in [1.807, 2.05) is 42.6 Å². The molecule has 2 heterocycles. The molecule has 5 heteroatoms. The maximum atomic E-state index is 5.75. The molecule has 0 saturated heterocycles. The van der Waals surface area contributed by atoms with E-state index in [9.17, 15) is 0 Å². The number of pyridine rings is 1. The molecule has 0 amide bonds. The van der Waals surface area contributed by atoms with Crippen LogP contribution >= 0.6 is 11.3 Å². The molecule has 0 aliphatic heterocycles. The quantitative estimate of drug-likeness (QED) is 0.802. The zero-order valence-electron chi connectivity index (χ0n) is 11.6. The van der Waals surface area contributed by atoms with Gasteiger partial charge in [0, 0.05) is 24.5 Å². The van der Waals surface area contributed by atoms with Crippen molar-refractivity contribution in [1.82, 2.24) is 9.97 Å². The van der Waals surface area contributed by atoms with E-state index in [2.05, 4.69) is 9.97 Å². The number of hydrogen-bond donors (Lipinski definition) is 1. The fraction of sp³-hybridized carbons (Fsp3) is 0.125. The van der Waals surface area contributed by atoms with Crippen molar-refractivity contribution < 1.29 is 4.74 Å². The number of nitrogens with zero attached hydrogens (tertiary/aromatic N) is 2. The van der Waals surface area contributed by atoms with Crippen LogP contribution in [-0.2, 0) is 6.54 Å². The van der Waals surface area contributed by atoms with Crippen molar-refractivity contribution in [3.63, 3.8) is 0 Å². The van der Waals surface area contributed by atoms with E-state index in [1.165, 1.54) is 0 Å². The van der Waals surface area contributed by atoms with Crippen LogP contribution in [0.3, 0.4) is 0 Å². The van der Waals surface area contributed by atoms with Gasteiger partial charge in [0.2, 0.25) is 0 Å². The van der Waals surface area contributed by atoms with Gasteiger partial charge >= 0.3 is 0 Å². The lowest BCUT2D eigenvalue weighted by atomic mass is 10.1. The van der Waals surface area contributed by atoms with Gasteiger partial charge in [-0.25, -0.2) is 4.98 Å². The van der Waals surface area contributed by atoms with E-state index in [1.54, 1.807) is 24.6 Å². The summed E-state index contributed by atoms with van der Waals surface area (Å²) in [4.78, 5) is 9.91. The minimum absolute atomic E-state index is 0.439. The number of hydrogen-bond acceptors (Lipinski definition) is 5. The van der Waals surface area contributed by atoms with Crippen molar-refractivity contribution in [3.8, 4) is 27.4 Å². The van der Waals surface area contributed by atoms with Gasteiger partial charge < -0.3 is 10.5 Å². The van der Waals surface area contributed by atoms with Crippen LogP contribution in [0.1, 0.15) is 5.01 Å². The number of nitrogens with two attached hydrogens (primary N) is 1. The molecule has 3 aromatic rings. The number of benzene rings is 1. The molecule has 2 aromatic heterocycles. The minimum Gasteiger partial charge on any atom is -0.497 e. The van der Waals surface area contributed by atoms with E-state index in [4.69, 9.17) is 10.5 Å². The summed E-state index contributed by atoms with van der Waals surface area (Å²) in [6.45, 7) is 0.439. The Labute approximate surface area is 127 Å². The van der Waals surface area contributed by atoms with Crippen molar-refractivity contribution >= 4 is 11.3 Å². The van der Waals surface area contributed by atoms with Gasteiger partial charge in [-0.15, -0.1) is 11.3 Å². The lowest BCUT2D eigenvalue weighted by Gasteiger charge is -2.04. The number of aromatic nitrogens is 2. The van der Waals surface area contributed by atoms with E-state index in [0.29, 0.717) is 6.54 Å². The molecule has 0 aliphatic carbocycles. The number of methoxy groups -OCH3 is 1. The first-order valence-electron chi connectivity index (χ1n) is 6.56. The maximum absolute atomic E-state index is 5.75. The van der Waals surface area contributed by atoms with Gasteiger partial charge in [-0.1, -0.05) is 0 Å². The second kappa shape index (κ2) is 6.03. The van der Waals surface area contributed by atoms with Crippen LogP contribution in [0.5, 0.6) is 5.75 Å². The maximum Gasteiger partial charge on any atom is 0.118 e. The highest BCUT2D eigenvalue weighted by atomic mass is 32.1. The van der Waals surface area contributed by atoms with Crippen LogP contribution in [0.15, 0.2) is 48.8 Å². The molecule has 0 unspecified atom stereocenters. The van der Waals surface area contributed by atoms with Crippen LogP contribution in [-0.4, -0.2) is 17.1 Å². The largest absolute Gasteiger partial charge is 0.497 e. The molecule has 3 rings (SSSR count). The molecule has 0 bridgehead atoms. The Morgan fingerprint density at radius 3 is 2.57 bits per heavy atom. The second-order valence-corrected chi connectivity index (χ2v) is 5.54. The molecule has 0 radical (unpaired) electrons. The summed E-state index contributed by atoms with van der Waals surface area (Å²) >= 11 is 1.62. The van der Waals surface area contributed by atoms with Gasteiger partial charge in [0.25, 0.3) is 0 Å². The van der Waals surface area contributed by atoms with Crippen LogP contribution < -0.4 is 10.5 Å². The van der Waals surface area contributed by atoms with Crippen LogP contribution in [0.2, 0.25) is 0 Å². The molecule has 2 N–H and O–H groups in total. The molecule has 21 heavy (non-hydrogen) atoms. The first-order chi connectivity index (χ1) is 10.3. The van der Waals surface area contributed by atoms with Crippen molar-refractivity contribution in [3.05, 3.63) is 53.8 Å². The Bertz CT molecular complexity index is 723. The van der Waals surface area contributed by atoms with Crippen molar-refractivity contribution in [2.24, 2.45) is 5.73 Å². The summed E-state index contributed by atoms with van der Waals surface area (Å²) in [6.07, 6.45) is 3.58. The first kappa shape index (κ1) is 13.7. The minimum atomic E-state index is 0.439. The third-order valence-electron chi connectivity index (χ3n) is 3.13. The first-order valence-corrected chi connectivity index (χ1v) is 7.38. The molecule has 0 fully saturated rings. The summed E-state index contributed by atoms with van der Waals surface area (Å²) in [5.41, 5.74) is 8.78. The van der Waals surface area contributed by atoms with E-state index < -0.39 is 0 Å². The highest BCUT2D eigenvalue weighted by Gasteiger charge is 2.14. The topological polar surface area (TPSA) is 61.0 Å². The van der Waals surface area contributed by atoms with Crippen LogP contribution in [0.25, 0.3) is 21.7 Å². The van der Waals surface area contributed by atoms with Crippen LogP contribution in [0.4, 0.5) is 0 Å². The lowest BCUT2D eigenvalue weighted by molar-refractivity contribution is 0.415. The predicted molar refractivity (Wildman–Crippen MR) is 85.2 cm³/mol. The molecule has 106 valence electrons. The van der Waals surface area contributed by atoms with Crippen molar-refractivity contribution in [2.75, 3.05) is 7.11 Å². The fourth-order valence-corrected chi connectivity index (χ4v) is 3.06. The third-order valence-corrected chi connectivity index (χ3v) is 4.26. The monoisotopic (exact) mass is 297 g/mol. The average Bonchev–Trinajstić information content (AvgIpc) is 3.00.